The molecule has 1 saturated carbocycles. The van der Waals surface area contributed by atoms with Crippen molar-refractivity contribution in [1.29, 1.82) is 0 Å². The highest BCUT2D eigenvalue weighted by molar-refractivity contribution is 5.08. The zero-order valence-electron chi connectivity index (χ0n) is 10.7. The van der Waals surface area contributed by atoms with E-state index in [1.807, 2.05) is 6.08 Å². The van der Waals surface area contributed by atoms with Crippen LogP contribution in [-0.4, -0.2) is 0 Å². The lowest BCUT2D eigenvalue weighted by atomic mass is 9.78. The Hall–Kier alpha value is -0.700. The second-order valence-electron chi connectivity index (χ2n) is 5.08. The summed E-state index contributed by atoms with van der Waals surface area (Å²) < 4.78 is 0. The van der Waals surface area contributed by atoms with E-state index in [-0.39, 0.29) is 0 Å². The highest BCUT2D eigenvalue weighted by Gasteiger charge is 2.19. The monoisotopic (exact) mass is 206 g/mol. The molecule has 0 N–H and O–H groups in total. The minimum Gasteiger partial charge on any atom is -0.115 e. The molecule has 86 valence electrons. The van der Waals surface area contributed by atoms with E-state index in [1.165, 1.54) is 38.5 Å². The maximum atomic E-state index is 4.93. The van der Waals surface area contributed by atoms with Gasteiger partial charge in [0.05, 0.1) is 0 Å². The third-order valence-corrected chi connectivity index (χ3v) is 2.88. The summed E-state index contributed by atoms with van der Waals surface area (Å²) >= 11 is 0. The number of hydrogen-bond donors (Lipinski definition) is 0. The number of rotatable bonds is 2. The first-order valence-electron chi connectivity index (χ1n) is 6.23. The summed E-state index contributed by atoms with van der Waals surface area (Å²) in [6.45, 7) is 6.89. The van der Waals surface area contributed by atoms with E-state index in [1.54, 1.807) is 6.08 Å². The standard InChI is InChI=1S/C8H16.C7H10/c1-8(2)6-4-3-5-7-8;1-3-5-7-6-4-2/h3-7H2,1-2H3;1,5,7H,4,6H2,2H3/b;7-5-. The molecular weight excluding hydrogens is 180 g/mol. The molecule has 1 aliphatic rings. The summed E-state index contributed by atoms with van der Waals surface area (Å²) in [4.78, 5) is 0. The summed E-state index contributed by atoms with van der Waals surface area (Å²) in [5.41, 5.74) is 0.679. The largest absolute Gasteiger partial charge is 0.115 e. The first kappa shape index (κ1) is 14.3. The Morgan fingerprint density at radius 1 is 1.20 bits per heavy atom. The van der Waals surface area contributed by atoms with Crippen LogP contribution in [0.2, 0.25) is 0 Å². The molecule has 0 saturated heterocycles. The molecule has 15 heavy (non-hydrogen) atoms. The van der Waals surface area contributed by atoms with E-state index in [2.05, 4.69) is 26.7 Å². The molecule has 0 nitrogen and oxygen atoms in total. The van der Waals surface area contributed by atoms with E-state index in [0.717, 1.165) is 6.42 Å². The molecule has 0 radical (unpaired) electrons. The Balaban J connectivity index is 0.000000265. The van der Waals surface area contributed by atoms with Crippen molar-refractivity contribution in [2.45, 2.75) is 65.7 Å². The lowest BCUT2D eigenvalue weighted by Gasteiger charge is -2.28. The zero-order valence-corrected chi connectivity index (χ0v) is 10.7. The average Bonchev–Trinajstić information content (AvgIpc) is 2.19. The summed E-state index contributed by atoms with van der Waals surface area (Å²) in [7, 11) is 0. The topological polar surface area (TPSA) is 0 Å². The molecule has 0 bridgehead atoms. The highest BCUT2D eigenvalue weighted by atomic mass is 14.3. The molecule has 0 atom stereocenters. The molecule has 1 aliphatic carbocycles. The smallest absolute Gasteiger partial charge is 0.0162 e. The van der Waals surface area contributed by atoms with Gasteiger partial charge in [-0.3, -0.25) is 0 Å². The van der Waals surface area contributed by atoms with Gasteiger partial charge in [-0.25, -0.2) is 0 Å². The van der Waals surface area contributed by atoms with Crippen molar-refractivity contribution in [3.8, 4) is 12.3 Å². The van der Waals surface area contributed by atoms with E-state index in [0.29, 0.717) is 5.41 Å². The van der Waals surface area contributed by atoms with Crippen LogP contribution in [0.15, 0.2) is 12.2 Å². The lowest BCUT2D eigenvalue weighted by Crippen LogP contribution is -2.14. The molecule has 0 aromatic carbocycles. The molecule has 1 rings (SSSR count). The first-order chi connectivity index (χ1) is 7.12. The molecule has 1 fully saturated rings. The SMILES string of the molecule is C#C/C=C\CCC.CC1(C)CCCCC1. The van der Waals surface area contributed by atoms with Gasteiger partial charge in [0, 0.05) is 0 Å². The Morgan fingerprint density at radius 3 is 2.13 bits per heavy atom. The number of terminal acetylenes is 1. The molecule has 0 aromatic rings. The van der Waals surface area contributed by atoms with Crippen LogP contribution in [0.4, 0.5) is 0 Å². The van der Waals surface area contributed by atoms with Crippen molar-refractivity contribution in [1.82, 2.24) is 0 Å². The van der Waals surface area contributed by atoms with Crippen LogP contribution < -0.4 is 0 Å². The fourth-order valence-corrected chi connectivity index (χ4v) is 1.83. The van der Waals surface area contributed by atoms with Gasteiger partial charge in [-0.15, -0.1) is 6.42 Å². The van der Waals surface area contributed by atoms with Crippen LogP contribution in [0.3, 0.4) is 0 Å². The fraction of sp³-hybridized carbons (Fsp3) is 0.733. The molecule has 0 heteroatoms. The van der Waals surface area contributed by atoms with Gasteiger partial charge in [0.25, 0.3) is 0 Å². The summed E-state index contributed by atoms with van der Waals surface area (Å²) in [6, 6.07) is 0. The van der Waals surface area contributed by atoms with Gasteiger partial charge in [0.15, 0.2) is 0 Å². The van der Waals surface area contributed by atoms with Crippen LogP contribution in [0.1, 0.15) is 65.7 Å². The van der Waals surface area contributed by atoms with Gasteiger partial charge in [-0.1, -0.05) is 58.5 Å². The van der Waals surface area contributed by atoms with Gasteiger partial charge >= 0.3 is 0 Å². The van der Waals surface area contributed by atoms with Crippen LogP contribution in [0, 0.1) is 17.8 Å². The molecule has 0 spiro atoms. The Kier molecular flexibility index (Phi) is 8.19. The predicted molar refractivity (Wildman–Crippen MR) is 69.7 cm³/mol. The molecule has 0 aliphatic heterocycles. The maximum Gasteiger partial charge on any atom is -0.0162 e. The van der Waals surface area contributed by atoms with Gasteiger partial charge in [0.2, 0.25) is 0 Å². The van der Waals surface area contributed by atoms with Crippen molar-refractivity contribution >= 4 is 0 Å². The summed E-state index contributed by atoms with van der Waals surface area (Å²) in [6.07, 6.45) is 18.3. The molecule has 0 aromatic heterocycles. The molecule has 0 heterocycles. The Bertz CT molecular complexity index is 195. The first-order valence-corrected chi connectivity index (χ1v) is 6.23. The van der Waals surface area contributed by atoms with Gasteiger partial charge in [0.1, 0.15) is 0 Å². The third-order valence-electron chi connectivity index (χ3n) is 2.88. The zero-order chi connectivity index (χ0) is 11.6. The van der Waals surface area contributed by atoms with Crippen molar-refractivity contribution in [3.05, 3.63) is 12.2 Å². The lowest BCUT2D eigenvalue weighted by molar-refractivity contribution is 0.244. The van der Waals surface area contributed by atoms with E-state index in [4.69, 9.17) is 6.42 Å². The third kappa shape index (κ3) is 9.60. The normalized spacial score (nSPS) is 19.1. The quantitative estimate of drug-likeness (QED) is 0.561. The molecule has 0 unspecified atom stereocenters. The van der Waals surface area contributed by atoms with Crippen LogP contribution >= 0.6 is 0 Å². The summed E-state index contributed by atoms with van der Waals surface area (Å²) in [5.74, 6) is 2.42. The maximum absolute atomic E-state index is 4.93. The molecule has 0 amide bonds. The van der Waals surface area contributed by atoms with E-state index < -0.39 is 0 Å². The van der Waals surface area contributed by atoms with Gasteiger partial charge in [-0.2, -0.15) is 0 Å². The van der Waals surface area contributed by atoms with Gasteiger partial charge in [-0.05, 0) is 30.8 Å². The predicted octanol–water partition coefficient (Wildman–Crippen LogP) is 4.95. The average molecular weight is 206 g/mol. The second-order valence-corrected chi connectivity index (χ2v) is 5.08. The molecular formula is C15H26. The van der Waals surface area contributed by atoms with Crippen molar-refractivity contribution in [2.75, 3.05) is 0 Å². The second kappa shape index (κ2) is 8.60. The number of hydrogen-bond acceptors (Lipinski definition) is 0. The van der Waals surface area contributed by atoms with Crippen LogP contribution in [0.5, 0.6) is 0 Å². The highest BCUT2D eigenvalue weighted by Crippen LogP contribution is 2.34. The van der Waals surface area contributed by atoms with Crippen LogP contribution in [0.25, 0.3) is 0 Å². The van der Waals surface area contributed by atoms with E-state index in [9.17, 15) is 0 Å². The van der Waals surface area contributed by atoms with Crippen molar-refractivity contribution in [3.63, 3.8) is 0 Å². The number of allylic oxidation sites excluding steroid dienone is 2. The fourth-order valence-electron chi connectivity index (χ4n) is 1.83. The van der Waals surface area contributed by atoms with Crippen molar-refractivity contribution in [2.24, 2.45) is 5.41 Å². The van der Waals surface area contributed by atoms with Crippen molar-refractivity contribution < 1.29 is 0 Å². The Labute approximate surface area is 96.2 Å². The minimum absolute atomic E-state index is 0.679. The minimum atomic E-state index is 0.679. The summed E-state index contributed by atoms with van der Waals surface area (Å²) in [5, 5.41) is 0. The Morgan fingerprint density at radius 2 is 1.80 bits per heavy atom. The van der Waals surface area contributed by atoms with Gasteiger partial charge < -0.3 is 0 Å². The number of unbranched alkanes of at least 4 members (excludes halogenated alkanes) is 1. The van der Waals surface area contributed by atoms with Crippen LogP contribution in [-0.2, 0) is 0 Å². The van der Waals surface area contributed by atoms with E-state index >= 15 is 0 Å².